The number of carbonyl (C=O) groups excluding carboxylic acids is 1. The summed E-state index contributed by atoms with van der Waals surface area (Å²) in [5, 5.41) is 18.8. The summed E-state index contributed by atoms with van der Waals surface area (Å²) in [6.07, 6.45) is 2.36. The second-order valence-electron chi connectivity index (χ2n) is 6.75. The molecule has 0 spiro atoms. The lowest BCUT2D eigenvalue weighted by Gasteiger charge is -2.30. The fourth-order valence-corrected chi connectivity index (χ4v) is 3.21. The van der Waals surface area contributed by atoms with Crippen LogP contribution in [0.2, 0.25) is 0 Å². The van der Waals surface area contributed by atoms with Gasteiger partial charge in [-0.2, -0.15) is 5.10 Å². The Labute approximate surface area is 158 Å². The average Bonchev–Trinajstić information content (AvgIpc) is 3.19. The minimum atomic E-state index is -0.478. The van der Waals surface area contributed by atoms with Crippen molar-refractivity contribution < 1.29 is 14.6 Å². The van der Waals surface area contributed by atoms with Crippen molar-refractivity contribution in [3.05, 3.63) is 47.5 Å². The number of amides is 1. The number of nitrogens with one attached hydrogen (secondary N) is 2. The molecule has 0 atom stereocenters. The number of alkyl carbamates (subject to hydrolysis) is 1. The lowest BCUT2D eigenvalue weighted by Crippen LogP contribution is -2.34. The number of benzene rings is 1. The molecule has 1 amide bonds. The number of rotatable bonds is 8. The molecule has 0 aliphatic carbocycles. The van der Waals surface area contributed by atoms with E-state index in [0.29, 0.717) is 11.7 Å². The molecule has 3 N–H and O–H groups in total. The van der Waals surface area contributed by atoms with Gasteiger partial charge < -0.3 is 20.1 Å². The van der Waals surface area contributed by atoms with Crippen LogP contribution in [-0.4, -0.2) is 57.5 Å². The van der Waals surface area contributed by atoms with Gasteiger partial charge in [0.05, 0.1) is 6.54 Å². The van der Waals surface area contributed by atoms with E-state index in [2.05, 4.69) is 25.4 Å². The molecule has 1 aromatic carbocycles. The number of aliphatic hydroxyl groups excluding tert-OH is 1. The maximum Gasteiger partial charge on any atom is 0.407 e. The smallest absolute Gasteiger partial charge is 0.407 e. The van der Waals surface area contributed by atoms with Gasteiger partial charge in [-0.25, -0.2) is 9.78 Å². The second-order valence-corrected chi connectivity index (χ2v) is 6.75. The van der Waals surface area contributed by atoms with Crippen LogP contribution in [0.1, 0.15) is 42.4 Å². The van der Waals surface area contributed by atoms with Crippen molar-refractivity contribution >= 4 is 6.09 Å². The van der Waals surface area contributed by atoms with E-state index in [9.17, 15) is 4.79 Å². The van der Waals surface area contributed by atoms with Gasteiger partial charge in [-0.05, 0) is 37.9 Å². The van der Waals surface area contributed by atoms with Crippen molar-refractivity contribution in [3.8, 4) is 0 Å². The first-order valence-corrected chi connectivity index (χ1v) is 9.43. The van der Waals surface area contributed by atoms with E-state index >= 15 is 0 Å². The van der Waals surface area contributed by atoms with Crippen molar-refractivity contribution in [2.24, 2.45) is 0 Å². The monoisotopic (exact) mass is 373 g/mol. The Kier molecular flexibility index (Phi) is 7.18. The van der Waals surface area contributed by atoms with Crippen molar-refractivity contribution in [3.63, 3.8) is 0 Å². The van der Waals surface area contributed by atoms with Crippen molar-refractivity contribution in [1.29, 1.82) is 0 Å². The largest absolute Gasteiger partial charge is 0.445 e. The molecule has 1 aliphatic heterocycles. The molecule has 0 radical (unpaired) electrons. The molecular formula is C19H27N5O3. The van der Waals surface area contributed by atoms with Crippen LogP contribution in [-0.2, 0) is 17.9 Å². The van der Waals surface area contributed by atoms with Gasteiger partial charge >= 0.3 is 6.09 Å². The Morgan fingerprint density at radius 2 is 2.07 bits per heavy atom. The third-order valence-corrected chi connectivity index (χ3v) is 4.75. The van der Waals surface area contributed by atoms with Gasteiger partial charge in [0.1, 0.15) is 12.4 Å². The first kappa shape index (κ1) is 19.3. The molecule has 0 unspecified atom stereocenters. The molecule has 1 aliphatic rings. The summed E-state index contributed by atoms with van der Waals surface area (Å²) in [4.78, 5) is 18.7. The highest BCUT2D eigenvalue weighted by atomic mass is 16.5. The molecule has 146 valence electrons. The first-order chi connectivity index (χ1) is 13.2. The maximum atomic E-state index is 11.8. The second kappa shape index (κ2) is 10.0. The molecule has 3 rings (SSSR count). The fourth-order valence-electron chi connectivity index (χ4n) is 3.21. The van der Waals surface area contributed by atoms with E-state index < -0.39 is 6.09 Å². The van der Waals surface area contributed by atoms with Gasteiger partial charge in [0, 0.05) is 19.1 Å². The number of ether oxygens (including phenoxy) is 1. The molecule has 1 aromatic heterocycles. The number of hydrogen-bond acceptors (Lipinski definition) is 6. The highest BCUT2D eigenvalue weighted by molar-refractivity contribution is 5.67. The van der Waals surface area contributed by atoms with E-state index in [1.165, 1.54) is 0 Å². The summed E-state index contributed by atoms with van der Waals surface area (Å²) in [5.74, 6) is 1.78. The first-order valence-electron chi connectivity index (χ1n) is 9.43. The number of piperidine rings is 1. The van der Waals surface area contributed by atoms with Crippen LogP contribution >= 0.6 is 0 Å². The minimum absolute atomic E-state index is 0.239. The number of aromatic nitrogens is 3. The predicted molar refractivity (Wildman–Crippen MR) is 100.0 cm³/mol. The fraction of sp³-hybridized carbons (Fsp3) is 0.526. The minimum Gasteiger partial charge on any atom is -0.445 e. The Balaban J connectivity index is 1.38. The molecule has 2 aromatic rings. The Bertz CT molecular complexity index is 698. The quantitative estimate of drug-likeness (QED) is 0.652. The summed E-state index contributed by atoms with van der Waals surface area (Å²) >= 11 is 0. The zero-order valence-corrected chi connectivity index (χ0v) is 15.4. The summed E-state index contributed by atoms with van der Waals surface area (Å²) in [6.45, 7) is 3.68. The van der Waals surface area contributed by atoms with E-state index in [1.807, 2.05) is 30.3 Å². The average molecular weight is 373 g/mol. The van der Waals surface area contributed by atoms with Gasteiger partial charge in [-0.15, -0.1) is 0 Å². The standard InChI is InChI=1S/C19H27N5O3/c25-12-4-9-24-10-7-16(8-11-24)18-21-17(22-23-18)13-20-19(26)27-14-15-5-2-1-3-6-15/h1-3,5-6,16,25H,4,7-14H2,(H,20,26)(H,21,22,23). The lowest BCUT2D eigenvalue weighted by molar-refractivity contribution is 0.139. The molecule has 0 bridgehead atoms. The number of carbonyl (C=O) groups is 1. The van der Waals surface area contributed by atoms with Crippen LogP contribution in [0.25, 0.3) is 0 Å². The molecule has 8 nitrogen and oxygen atoms in total. The number of aromatic amines is 1. The lowest BCUT2D eigenvalue weighted by atomic mass is 9.96. The summed E-state index contributed by atoms with van der Waals surface area (Å²) in [5.41, 5.74) is 0.944. The molecular weight excluding hydrogens is 346 g/mol. The van der Waals surface area contributed by atoms with Crippen LogP contribution in [0.3, 0.4) is 0 Å². The van der Waals surface area contributed by atoms with Crippen LogP contribution in [0, 0.1) is 0 Å². The number of likely N-dealkylation sites (tertiary alicyclic amines) is 1. The zero-order chi connectivity index (χ0) is 18.9. The third-order valence-electron chi connectivity index (χ3n) is 4.75. The van der Waals surface area contributed by atoms with Gasteiger partial charge in [-0.1, -0.05) is 30.3 Å². The highest BCUT2D eigenvalue weighted by Gasteiger charge is 2.23. The van der Waals surface area contributed by atoms with E-state index in [1.54, 1.807) is 0 Å². The molecule has 0 saturated carbocycles. The van der Waals surface area contributed by atoms with E-state index in [0.717, 1.165) is 50.3 Å². The number of hydrogen-bond donors (Lipinski definition) is 3. The summed E-state index contributed by atoms with van der Waals surface area (Å²) in [7, 11) is 0. The predicted octanol–water partition coefficient (Wildman–Crippen LogP) is 1.79. The van der Waals surface area contributed by atoms with Crippen LogP contribution in [0.15, 0.2) is 30.3 Å². The van der Waals surface area contributed by atoms with Crippen molar-refractivity contribution in [1.82, 2.24) is 25.4 Å². The molecule has 27 heavy (non-hydrogen) atoms. The summed E-state index contributed by atoms with van der Waals surface area (Å²) in [6, 6.07) is 9.55. The number of nitrogens with zero attached hydrogens (tertiary/aromatic N) is 3. The molecule has 8 heteroatoms. The molecule has 2 heterocycles. The van der Waals surface area contributed by atoms with Gasteiger partial charge in [0.25, 0.3) is 0 Å². The van der Waals surface area contributed by atoms with Gasteiger partial charge in [-0.3, -0.25) is 5.10 Å². The summed E-state index contributed by atoms with van der Waals surface area (Å²) < 4.78 is 5.18. The van der Waals surface area contributed by atoms with Gasteiger partial charge in [0.15, 0.2) is 5.82 Å². The zero-order valence-electron chi connectivity index (χ0n) is 15.4. The number of H-pyrrole nitrogens is 1. The Morgan fingerprint density at radius 3 is 2.81 bits per heavy atom. The molecule has 1 saturated heterocycles. The van der Waals surface area contributed by atoms with Crippen LogP contribution in [0.4, 0.5) is 4.79 Å². The SMILES string of the molecule is O=C(NCc1nc(C2CCN(CCCO)CC2)n[nH]1)OCc1ccccc1. The molecule has 1 fully saturated rings. The van der Waals surface area contributed by atoms with Gasteiger partial charge in [0.2, 0.25) is 0 Å². The maximum absolute atomic E-state index is 11.8. The van der Waals surface area contributed by atoms with Crippen LogP contribution < -0.4 is 5.32 Å². The van der Waals surface area contributed by atoms with E-state index in [4.69, 9.17) is 9.84 Å². The van der Waals surface area contributed by atoms with E-state index in [-0.39, 0.29) is 19.8 Å². The normalized spacial score (nSPS) is 15.6. The Hall–Kier alpha value is -2.45. The highest BCUT2D eigenvalue weighted by Crippen LogP contribution is 2.25. The third kappa shape index (κ3) is 6.04. The number of aliphatic hydroxyl groups is 1. The Morgan fingerprint density at radius 1 is 1.30 bits per heavy atom. The van der Waals surface area contributed by atoms with Crippen molar-refractivity contribution in [2.45, 2.75) is 38.3 Å². The van der Waals surface area contributed by atoms with Crippen molar-refractivity contribution in [2.75, 3.05) is 26.2 Å². The topological polar surface area (TPSA) is 103 Å². The van der Waals surface area contributed by atoms with Crippen LogP contribution in [0.5, 0.6) is 0 Å².